The van der Waals surface area contributed by atoms with Crippen molar-refractivity contribution in [2.24, 2.45) is 5.92 Å². The maximum absolute atomic E-state index is 6.04. The molecule has 90 valence electrons. The highest BCUT2D eigenvalue weighted by atomic mass is 35.5. The maximum Gasteiger partial charge on any atom is 0.125 e. The summed E-state index contributed by atoms with van der Waals surface area (Å²) in [4.78, 5) is 4.69. The summed E-state index contributed by atoms with van der Waals surface area (Å²) in [5, 5.41) is 0. The molecular formula is C14H17ClN2. The Bertz CT molecular complexity index is 559. The van der Waals surface area contributed by atoms with Gasteiger partial charge in [0.1, 0.15) is 5.82 Å². The summed E-state index contributed by atoms with van der Waals surface area (Å²) in [5.74, 6) is 2.34. The van der Waals surface area contributed by atoms with E-state index < -0.39 is 0 Å². The van der Waals surface area contributed by atoms with Crippen LogP contribution in [0.15, 0.2) is 18.2 Å². The number of para-hydroxylation sites is 1. The van der Waals surface area contributed by atoms with Crippen molar-refractivity contribution in [1.82, 2.24) is 9.55 Å². The molecule has 0 N–H and O–H groups in total. The van der Waals surface area contributed by atoms with Crippen LogP contribution in [0, 0.1) is 12.8 Å². The third-order valence-electron chi connectivity index (χ3n) is 3.86. The zero-order valence-corrected chi connectivity index (χ0v) is 11.0. The van der Waals surface area contributed by atoms with Crippen LogP contribution < -0.4 is 0 Å². The van der Waals surface area contributed by atoms with Crippen LogP contribution in [0.4, 0.5) is 0 Å². The Morgan fingerprint density at radius 1 is 1.47 bits per heavy atom. The fourth-order valence-corrected chi connectivity index (χ4v) is 2.94. The van der Waals surface area contributed by atoms with Gasteiger partial charge < -0.3 is 4.57 Å². The first-order valence-corrected chi connectivity index (χ1v) is 6.82. The molecule has 2 aromatic rings. The van der Waals surface area contributed by atoms with Gasteiger partial charge in [0.05, 0.1) is 16.9 Å². The number of rotatable bonds is 3. The summed E-state index contributed by atoms with van der Waals surface area (Å²) in [6.45, 7) is 4.37. The molecule has 2 unspecified atom stereocenters. The number of hydrogen-bond acceptors (Lipinski definition) is 1. The molecule has 1 aliphatic carbocycles. The van der Waals surface area contributed by atoms with Gasteiger partial charge in [0.2, 0.25) is 0 Å². The first-order chi connectivity index (χ1) is 8.26. The lowest BCUT2D eigenvalue weighted by molar-refractivity contribution is 0.637. The number of halogens is 1. The van der Waals surface area contributed by atoms with Crippen LogP contribution in [0.2, 0.25) is 0 Å². The molecule has 1 saturated carbocycles. The number of alkyl halides is 1. The van der Waals surface area contributed by atoms with E-state index in [9.17, 15) is 0 Å². The summed E-state index contributed by atoms with van der Waals surface area (Å²) >= 11 is 6.04. The topological polar surface area (TPSA) is 17.8 Å². The van der Waals surface area contributed by atoms with E-state index in [1.165, 1.54) is 23.9 Å². The van der Waals surface area contributed by atoms with Crippen LogP contribution in [0.25, 0.3) is 11.0 Å². The molecule has 17 heavy (non-hydrogen) atoms. The largest absolute Gasteiger partial charge is 0.324 e. The van der Waals surface area contributed by atoms with E-state index in [1.807, 2.05) is 0 Å². The van der Waals surface area contributed by atoms with Gasteiger partial charge >= 0.3 is 0 Å². The molecule has 0 radical (unpaired) electrons. The van der Waals surface area contributed by atoms with Crippen molar-refractivity contribution < 1.29 is 0 Å². The van der Waals surface area contributed by atoms with Crippen LogP contribution in [-0.2, 0) is 5.88 Å². The molecule has 1 aliphatic rings. The minimum atomic E-state index is 0.501. The van der Waals surface area contributed by atoms with Crippen LogP contribution in [0.5, 0.6) is 0 Å². The summed E-state index contributed by atoms with van der Waals surface area (Å²) in [6, 6.07) is 7.01. The molecule has 2 nitrogen and oxygen atoms in total. The molecule has 3 rings (SSSR count). The Morgan fingerprint density at radius 2 is 2.29 bits per heavy atom. The van der Waals surface area contributed by atoms with Crippen molar-refractivity contribution in [2.45, 2.75) is 38.6 Å². The number of fused-ring (bicyclic) bond motifs is 1. The Labute approximate surface area is 107 Å². The number of hydrogen-bond donors (Lipinski definition) is 0. The Morgan fingerprint density at radius 3 is 2.94 bits per heavy atom. The Kier molecular flexibility index (Phi) is 2.62. The van der Waals surface area contributed by atoms with Crippen LogP contribution in [0.1, 0.15) is 37.2 Å². The molecule has 0 spiro atoms. The predicted octanol–water partition coefficient (Wildman–Crippen LogP) is 4.05. The molecule has 1 aromatic carbocycles. The van der Waals surface area contributed by atoms with Crippen molar-refractivity contribution in [3.05, 3.63) is 29.6 Å². The number of aryl methyl sites for hydroxylation is 1. The van der Waals surface area contributed by atoms with E-state index in [1.54, 1.807) is 0 Å². The standard InChI is InChI=1S/C14H17ClN2/c1-3-10-7-12(10)17-11-6-4-5-9(2)14(11)16-13(17)8-15/h4-6,10,12H,3,7-8H2,1-2H3. The number of aromatic nitrogens is 2. The van der Waals surface area contributed by atoms with Gasteiger partial charge in [-0.3, -0.25) is 0 Å². The quantitative estimate of drug-likeness (QED) is 0.750. The average Bonchev–Trinajstić information content (AvgIpc) is 3.02. The van der Waals surface area contributed by atoms with Crippen molar-refractivity contribution >= 4 is 22.6 Å². The average molecular weight is 249 g/mol. The van der Waals surface area contributed by atoms with E-state index in [-0.39, 0.29) is 0 Å². The lowest BCUT2D eigenvalue weighted by Gasteiger charge is -2.06. The van der Waals surface area contributed by atoms with Gasteiger partial charge in [0.25, 0.3) is 0 Å². The van der Waals surface area contributed by atoms with Crippen molar-refractivity contribution in [3.8, 4) is 0 Å². The second kappa shape index (κ2) is 4.02. The molecule has 3 heteroatoms. The van der Waals surface area contributed by atoms with Gasteiger partial charge in [0.15, 0.2) is 0 Å². The fourth-order valence-electron chi connectivity index (χ4n) is 2.76. The Hall–Kier alpha value is -1.02. The smallest absolute Gasteiger partial charge is 0.125 e. The van der Waals surface area contributed by atoms with E-state index in [0.29, 0.717) is 11.9 Å². The lowest BCUT2D eigenvalue weighted by Crippen LogP contribution is -2.01. The molecule has 0 aliphatic heterocycles. The van der Waals surface area contributed by atoms with Crippen LogP contribution in [0.3, 0.4) is 0 Å². The normalized spacial score (nSPS) is 23.2. The van der Waals surface area contributed by atoms with E-state index >= 15 is 0 Å². The molecule has 1 aromatic heterocycles. The minimum absolute atomic E-state index is 0.501. The van der Waals surface area contributed by atoms with Gasteiger partial charge in [-0.1, -0.05) is 25.5 Å². The molecular weight excluding hydrogens is 232 g/mol. The maximum atomic E-state index is 6.04. The summed E-state index contributed by atoms with van der Waals surface area (Å²) in [5.41, 5.74) is 3.60. The number of nitrogens with zero attached hydrogens (tertiary/aromatic N) is 2. The molecule has 0 saturated heterocycles. The molecule has 0 amide bonds. The van der Waals surface area contributed by atoms with Gasteiger partial charge in [-0.2, -0.15) is 0 Å². The Balaban J connectivity index is 2.18. The third-order valence-corrected chi connectivity index (χ3v) is 4.09. The van der Waals surface area contributed by atoms with Gasteiger partial charge in [-0.15, -0.1) is 11.6 Å². The highest BCUT2D eigenvalue weighted by Gasteiger charge is 2.39. The number of imidazole rings is 1. The first kappa shape index (κ1) is 11.1. The SMILES string of the molecule is CCC1CC1n1c(CCl)nc2c(C)cccc21. The van der Waals surface area contributed by atoms with Gasteiger partial charge in [0, 0.05) is 6.04 Å². The van der Waals surface area contributed by atoms with Crippen LogP contribution >= 0.6 is 11.6 Å². The summed E-state index contributed by atoms with van der Waals surface area (Å²) < 4.78 is 2.36. The second-order valence-electron chi connectivity index (χ2n) is 4.95. The molecule has 2 atom stereocenters. The van der Waals surface area contributed by atoms with E-state index in [4.69, 9.17) is 16.6 Å². The lowest BCUT2D eigenvalue weighted by atomic mass is 10.2. The zero-order valence-electron chi connectivity index (χ0n) is 10.3. The highest BCUT2D eigenvalue weighted by molar-refractivity contribution is 6.16. The minimum Gasteiger partial charge on any atom is -0.324 e. The molecule has 1 heterocycles. The third kappa shape index (κ3) is 1.66. The molecule has 1 fully saturated rings. The van der Waals surface area contributed by atoms with Crippen molar-refractivity contribution in [1.29, 1.82) is 0 Å². The molecule has 0 bridgehead atoms. The number of benzene rings is 1. The highest BCUT2D eigenvalue weighted by Crippen LogP contribution is 2.47. The van der Waals surface area contributed by atoms with Gasteiger partial charge in [-0.25, -0.2) is 4.98 Å². The van der Waals surface area contributed by atoms with E-state index in [0.717, 1.165) is 17.3 Å². The summed E-state index contributed by atoms with van der Waals surface area (Å²) in [6.07, 6.45) is 2.53. The second-order valence-corrected chi connectivity index (χ2v) is 5.21. The fraction of sp³-hybridized carbons (Fsp3) is 0.500. The van der Waals surface area contributed by atoms with Gasteiger partial charge in [-0.05, 0) is 30.9 Å². The summed E-state index contributed by atoms with van der Waals surface area (Å²) in [7, 11) is 0. The predicted molar refractivity (Wildman–Crippen MR) is 71.5 cm³/mol. The zero-order chi connectivity index (χ0) is 12.0. The van der Waals surface area contributed by atoms with Crippen molar-refractivity contribution in [2.75, 3.05) is 0 Å². The first-order valence-electron chi connectivity index (χ1n) is 6.28. The monoisotopic (exact) mass is 248 g/mol. The van der Waals surface area contributed by atoms with Crippen molar-refractivity contribution in [3.63, 3.8) is 0 Å². The van der Waals surface area contributed by atoms with Crippen LogP contribution in [-0.4, -0.2) is 9.55 Å². The van der Waals surface area contributed by atoms with E-state index in [2.05, 4.69) is 36.6 Å².